The molecule has 1 aliphatic carbocycles. The van der Waals surface area contributed by atoms with E-state index >= 15 is 0 Å². The highest BCUT2D eigenvalue weighted by molar-refractivity contribution is 4.99. The van der Waals surface area contributed by atoms with E-state index in [1.165, 1.54) is 32.1 Å². The molecule has 5 nitrogen and oxygen atoms in total. The van der Waals surface area contributed by atoms with Crippen LogP contribution in [0.5, 0.6) is 0 Å². The summed E-state index contributed by atoms with van der Waals surface area (Å²) in [6.45, 7) is 1.71. The average Bonchev–Trinajstić information content (AvgIpc) is 3.13. The second kappa shape index (κ2) is 6.22. The molecule has 0 spiro atoms. The number of aromatic nitrogens is 2. The van der Waals surface area contributed by atoms with Crippen LogP contribution < -0.4 is 5.32 Å². The molecule has 2 aliphatic rings. The van der Waals surface area contributed by atoms with Crippen molar-refractivity contribution in [3.63, 3.8) is 0 Å². The molecule has 20 heavy (non-hydrogen) atoms. The fraction of sp³-hybridized carbons (Fsp3) is 0.867. The van der Waals surface area contributed by atoms with Crippen molar-refractivity contribution in [3.8, 4) is 0 Å². The van der Waals surface area contributed by atoms with Crippen LogP contribution in [0.15, 0.2) is 4.52 Å². The molecule has 1 atom stereocenters. The predicted molar refractivity (Wildman–Crippen MR) is 75.5 cm³/mol. The number of hydrogen-bond donors (Lipinski definition) is 1. The van der Waals surface area contributed by atoms with E-state index in [-0.39, 0.29) is 5.54 Å². The molecule has 0 amide bonds. The molecular formula is C15H25N3O2. The number of likely N-dealkylation sites (N-methyl/N-ethyl adjacent to an activating group) is 1. The van der Waals surface area contributed by atoms with Gasteiger partial charge in [-0.3, -0.25) is 0 Å². The van der Waals surface area contributed by atoms with Crippen LogP contribution in [-0.2, 0) is 17.6 Å². The van der Waals surface area contributed by atoms with Crippen molar-refractivity contribution in [2.24, 2.45) is 5.92 Å². The fourth-order valence-electron chi connectivity index (χ4n) is 3.48. The van der Waals surface area contributed by atoms with Crippen molar-refractivity contribution < 1.29 is 9.26 Å². The normalized spacial score (nSPS) is 25.9. The third-order valence-corrected chi connectivity index (χ3v) is 4.84. The van der Waals surface area contributed by atoms with E-state index in [4.69, 9.17) is 9.26 Å². The Hall–Kier alpha value is -0.940. The van der Waals surface area contributed by atoms with E-state index in [0.717, 1.165) is 44.2 Å². The van der Waals surface area contributed by atoms with E-state index in [1.807, 2.05) is 0 Å². The van der Waals surface area contributed by atoms with E-state index in [2.05, 4.69) is 22.5 Å². The molecule has 5 heteroatoms. The second-order valence-electron chi connectivity index (χ2n) is 6.31. The first-order chi connectivity index (χ1) is 9.80. The summed E-state index contributed by atoms with van der Waals surface area (Å²) in [4.78, 5) is 4.59. The molecule has 1 N–H and O–H groups in total. The monoisotopic (exact) mass is 279 g/mol. The van der Waals surface area contributed by atoms with Crippen LogP contribution in [0.3, 0.4) is 0 Å². The molecule has 1 aliphatic heterocycles. The van der Waals surface area contributed by atoms with E-state index in [0.29, 0.717) is 5.92 Å². The van der Waals surface area contributed by atoms with Gasteiger partial charge in [0.2, 0.25) is 5.89 Å². The summed E-state index contributed by atoms with van der Waals surface area (Å²) in [6.07, 6.45) is 9.20. The maximum atomic E-state index is 5.46. The van der Waals surface area contributed by atoms with E-state index < -0.39 is 0 Å². The van der Waals surface area contributed by atoms with E-state index in [1.54, 1.807) is 0 Å². The van der Waals surface area contributed by atoms with Crippen LogP contribution in [0.1, 0.15) is 50.2 Å². The zero-order valence-electron chi connectivity index (χ0n) is 12.4. The lowest BCUT2D eigenvalue weighted by Gasteiger charge is -2.36. The molecular weight excluding hydrogens is 254 g/mol. The number of hydrogen-bond acceptors (Lipinski definition) is 5. The van der Waals surface area contributed by atoms with Crippen LogP contribution >= 0.6 is 0 Å². The van der Waals surface area contributed by atoms with Gasteiger partial charge in [-0.15, -0.1) is 0 Å². The van der Waals surface area contributed by atoms with Gasteiger partial charge < -0.3 is 14.6 Å². The Morgan fingerprint density at radius 1 is 1.30 bits per heavy atom. The van der Waals surface area contributed by atoms with Crippen LogP contribution in [-0.4, -0.2) is 35.9 Å². The molecule has 1 aromatic heterocycles. The standard InChI is InChI=1S/C15H25N3O2/c1-16-15(6-3-2-4-7-15)10-14-17-13(18-20-14)9-12-5-8-19-11-12/h12,16H,2-11H2,1H3. The Kier molecular flexibility index (Phi) is 4.36. The Morgan fingerprint density at radius 2 is 2.15 bits per heavy atom. The van der Waals surface area contributed by atoms with Gasteiger partial charge in [0.25, 0.3) is 0 Å². The van der Waals surface area contributed by atoms with Gasteiger partial charge in [0, 0.05) is 31.6 Å². The number of nitrogens with zero attached hydrogens (tertiary/aromatic N) is 2. The van der Waals surface area contributed by atoms with Gasteiger partial charge in [-0.05, 0) is 32.2 Å². The lowest BCUT2D eigenvalue weighted by atomic mass is 9.79. The topological polar surface area (TPSA) is 60.2 Å². The molecule has 1 saturated heterocycles. The Morgan fingerprint density at radius 3 is 2.85 bits per heavy atom. The van der Waals surface area contributed by atoms with Gasteiger partial charge >= 0.3 is 0 Å². The first kappa shape index (κ1) is 14.0. The first-order valence-electron chi connectivity index (χ1n) is 7.88. The highest BCUT2D eigenvalue weighted by atomic mass is 16.5. The van der Waals surface area contributed by atoms with Crippen LogP contribution in [0, 0.1) is 5.92 Å². The second-order valence-corrected chi connectivity index (χ2v) is 6.31. The molecule has 0 radical (unpaired) electrons. The molecule has 0 bridgehead atoms. The summed E-state index contributed by atoms with van der Waals surface area (Å²) in [5.41, 5.74) is 0.165. The van der Waals surface area contributed by atoms with Gasteiger partial charge in [0.05, 0.1) is 0 Å². The van der Waals surface area contributed by atoms with Crippen LogP contribution in [0.2, 0.25) is 0 Å². The molecule has 0 aromatic carbocycles. The summed E-state index contributed by atoms with van der Waals surface area (Å²) in [6, 6.07) is 0. The largest absolute Gasteiger partial charge is 0.381 e. The van der Waals surface area contributed by atoms with Crippen molar-refractivity contribution in [2.45, 2.75) is 56.9 Å². The molecule has 1 unspecified atom stereocenters. The third kappa shape index (κ3) is 3.20. The fourth-order valence-corrected chi connectivity index (χ4v) is 3.48. The molecule has 112 valence electrons. The summed E-state index contributed by atoms with van der Waals surface area (Å²) in [7, 11) is 2.05. The third-order valence-electron chi connectivity index (χ3n) is 4.84. The van der Waals surface area contributed by atoms with Gasteiger partial charge in [0.15, 0.2) is 5.82 Å². The number of rotatable bonds is 5. The zero-order chi connectivity index (χ0) is 13.8. The van der Waals surface area contributed by atoms with Gasteiger partial charge in [-0.2, -0.15) is 4.98 Å². The quantitative estimate of drug-likeness (QED) is 0.894. The minimum Gasteiger partial charge on any atom is -0.381 e. The maximum absolute atomic E-state index is 5.46. The predicted octanol–water partition coefficient (Wildman–Crippen LogP) is 2.11. The number of nitrogens with one attached hydrogen (secondary N) is 1. The Bertz CT molecular complexity index is 421. The van der Waals surface area contributed by atoms with Crippen LogP contribution in [0.4, 0.5) is 0 Å². The summed E-state index contributed by atoms with van der Waals surface area (Å²) >= 11 is 0. The van der Waals surface area contributed by atoms with Gasteiger partial charge in [0.1, 0.15) is 0 Å². The highest BCUT2D eigenvalue weighted by Gasteiger charge is 2.32. The maximum Gasteiger partial charge on any atom is 0.228 e. The smallest absolute Gasteiger partial charge is 0.228 e. The van der Waals surface area contributed by atoms with Crippen molar-refractivity contribution in [1.29, 1.82) is 0 Å². The SMILES string of the molecule is CNC1(Cc2nc(CC3CCOC3)no2)CCCCC1. The summed E-state index contributed by atoms with van der Waals surface area (Å²) in [5.74, 6) is 2.20. The Balaban J connectivity index is 1.60. The van der Waals surface area contributed by atoms with E-state index in [9.17, 15) is 0 Å². The zero-order valence-corrected chi connectivity index (χ0v) is 12.4. The molecule has 1 saturated carbocycles. The van der Waals surface area contributed by atoms with Crippen molar-refractivity contribution in [2.75, 3.05) is 20.3 Å². The lowest BCUT2D eigenvalue weighted by molar-refractivity contribution is 0.185. The van der Waals surface area contributed by atoms with Crippen molar-refractivity contribution >= 4 is 0 Å². The van der Waals surface area contributed by atoms with Gasteiger partial charge in [-0.1, -0.05) is 24.4 Å². The molecule has 2 heterocycles. The Labute approximate surface area is 120 Å². The minimum atomic E-state index is 0.165. The molecule has 1 aromatic rings. The lowest BCUT2D eigenvalue weighted by Crippen LogP contribution is -2.46. The van der Waals surface area contributed by atoms with Crippen molar-refractivity contribution in [1.82, 2.24) is 15.5 Å². The first-order valence-corrected chi connectivity index (χ1v) is 7.88. The molecule has 3 rings (SSSR count). The van der Waals surface area contributed by atoms with Crippen molar-refractivity contribution in [3.05, 3.63) is 11.7 Å². The summed E-state index contributed by atoms with van der Waals surface area (Å²) < 4.78 is 10.9. The summed E-state index contributed by atoms with van der Waals surface area (Å²) in [5, 5.41) is 7.64. The minimum absolute atomic E-state index is 0.165. The molecule has 2 fully saturated rings. The average molecular weight is 279 g/mol. The van der Waals surface area contributed by atoms with Crippen LogP contribution in [0.25, 0.3) is 0 Å². The van der Waals surface area contributed by atoms with Gasteiger partial charge in [-0.25, -0.2) is 0 Å². The number of ether oxygens (including phenoxy) is 1. The highest BCUT2D eigenvalue weighted by Crippen LogP contribution is 2.30.